The highest BCUT2D eigenvalue weighted by Gasteiger charge is 2.39. The molecule has 0 radical (unpaired) electrons. The zero-order chi connectivity index (χ0) is 18.2. The van der Waals surface area contributed by atoms with Gasteiger partial charge in [0.15, 0.2) is 0 Å². The van der Waals surface area contributed by atoms with Gasteiger partial charge in [-0.25, -0.2) is 12.8 Å². The Morgan fingerprint density at radius 1 is 1.08 bits per heavy atom. The summed E-state index contributed by atoms with van der Waals surface area (Å²) >= 11 is 0. The van der Waals surface area contributed by atoms with E-state index in [-0.39, 0.29) is 36.7 Å². The van der Waals surface area contributed by atoms with Crippen molar-refractivity contribution in [1.82, 2.24) is 14.5 Å². The first-order chi connectivity index (χ1) is 11.7. The number of nitrogens with zero attached hydrogens (tertiary/aromatic N) is 3. The minimum absolute atomic E-state index is 0.0375. The van der Waals surface area contributed by atoms with Gasteiger partial charge in [-0.3, -0.25) is 0 Å². The Balaban J connectivity index is 1.69. The molecule has 3 rings (SSSR count). The highest BCUT2D eigenvalue weighted by atomic mass is 32.2. The molecule has 2 aromatic rings. The van der Waals surface area contributed by atoms with Crippen molar-refractivity contribution in [2.24, 2.45) is 0 Å². The maximum atomic E-state index is 12.9. The molecule has 25 heavy (non-hydrogen) atoms. The Kier molecular flexibility index (Phi) is 4.54. The van der Waals surface area contributed by atoms with Crippen LogP contribution in [0.15, 0.2) is 33.6 Å². The number of benzene rings is 1. The lowest BCUT2D eigenvalue weighted by atomic mass is 9.98. The fraction of sp³-hybridized carbons (Fsp3) is 0.429. The predicted molar refractivity (Wildman–Crippen MR) is 76.4 cm³/mol. The number of alkyl halides is 3. The molecule has 0 saturated carbocycles. The molecule has 0 unspecified atom stereocenters. The molecule has 0 spiro atoms. The average molecular weight is 379 g/mol. The molecule has 1 saturated heterocycles. The van der Waals surface area contributed by atoms with Crippen LogP contribution in [0.5, 0.6) is 0 Å². The minimum Gasteiger partial charge on any atom is -0.417 e. The van der Waals surface area contributed by atoms with E-state index in [0.717, 1.165) is 12.1 Å². The Hall–Kier alpha value is -2.01. The molecule has 11 heteroatoms. The van der Waals surface area contributed by atoms with Gasteiger partial charge in [-0.2, -0.15) is 17.5 Å². The molecule has 1 aliphatic rings. The van der Waals surface area contributed by atoms with Crippen LogP contribution < -0.4 is 0 Å². The van der Waals surface area contributed by atoms with Gasteiger partial charge in [-0.05, 0) is 37.1 Å². The SMILES string of the molecule is O=S(=O)(c1ccc(F)cc1)N1CCC(c2nnc(C(F)(F)F)o2)CC1. The third-order valence-corrected chi connectivity index (χ3v) is 5.85. The van der Waals surface area contributed by atoms with E-state index < -0.39 is 33.8 Å². The van der Waals surface area contributed by atoms with Crippen molar-refractivity contribution in [1.29, 1.82) is 0 Å². The van der Waals surface area contributed by atoms with Crippen molar-refractivity contribution >= 4 is 10.0 Å². The van der Waals surface area contributed by atoms with Crippen molar-refractivity contribution in [3.63, 3.8) is 0 Å². The van der Waals surface area contributed by atoms with Crippen LogP contribution in [-0.2, 0) is 16.2 Å². The van der Waals surface area contributed by atoms with Gasteiger partial charge < -0.3 is 4.42 Å². The zero-order valence-electron chi connectivity index (χ0n) is 12.7. The lowest BCUT2D eigenvalue weighted by Gasteiger charge is -2.29. The smallest absolute Gasteiger partial charge is 0.417 e. The van der Waals surface area contributed by atoms with Gasteiger partial charge in [0.2, 0.25) is 15.9 Å². The van der Waals surface area contributed by atoms with Crippen molar-refractivity contribution in [2.75, 3.05) is 13.1 Å². The van der Waals surface area contributed by atoms with Gasteiger partial charge in [-0.1, -0.05) is 0 Å². The molecule has 1 aliphatic heterocycles. The number of halogens is 4. The highest BCUT2D eigenvalue weighted by molar-refractivity contribution is 7.89. The van der Waals surface area contributed by atoms with Crippen LogP contribution in [0.3, 0.4) is 0 Å². The van der Waals surface area contributed by atoms with Crippen molar-refractivity contribution in [3.05, 3.63) is 41.9 Å². The Labute approximate surface area is 140 Å². The molecule has 0 atom stereocenters. The first kappa shape index (κ1) is 17.8. The van der Waals surface area contributed by atoms with E-state index in [0.29, 0.717) is 0 Å². The standard InChI is InChI=1S/C14H13F4N3O3S/c15-10-1-3-11(4-2-10)25(22,23)21-7-5-9(6-8-21)12-19-20-13(24-12)14(16,17)18/h1-4,9H,5-8H2. The van der Waals surface area contributed by atoms with Gasteiger partial charge in [0.25, 0.3) is 0 Å². The predicted octanol–water partition coefficient (Wildman–Crippen LogP) is 2.80. The van der Waals surface area contributed by atoms with E-state index >= 15 is 0 Å². The lowest BCUT2D eigenvalue weighted by Crippen LogP contribution is -2.37. The second-order valence-electron chi connectivity index (χ2n) is 5.58. The van der Waals surface area contributed by atoms with Crippen LogP contribution in [0.1, 0.15) is 30.5 Å². The summed E-state index contributed by atoms with van der Waals surface area (Å²) in [5.74, 6) is -2.55. The van der Waals surface area contributed by atoms with Crippen LogP contribution in [0.4, 0.5) is 17.6 Å². The second-order valence-corrected chi connectivity index (χ2v) is 7.51. The van der Waals surface area contributed by atoms with Crippen LogP contribution >= 0.6 is 0 Å². The molecule has 0 bridgehead atoms. The summed E-state index contributed by atoms with van der Waals surface area (Å²) in [5, 5.41) is 6.39. The topological polar surface area (TPSA) is 76.3 Å². The molecular formula is C14H13F4N3O3S. The molecule has 1 aromatic carbocycles. The molecule has 6 nitrogen and oxygen atoms in total. The summed E-state index contributed by atoms with van der Waals surface area (Å²) in [5.41, 5.74) is 0. The van der Waals surface area contributed by atoms with Gasteiger partial charge >= 0.3 is 12.1 Å². The molecule has 1 fully saturated rings. The quantitative estimate of drug-likeness (QED) is 0.767. The van der Waals surface area contributed by atoms with Crippen LogP contribution in [-0.4, -0.2) is 36.0 Å². The molecule has 0 aliphatic carbocycles. The zero-order valence-corrected chi connectivity index (χ0v) is 13.5. The van der Waals surface area contributed by atoms with Gasteiger partial charge in [0.1, 0.15) is 5.82 Å². The largest absolute Gasteiger partial charge is 0.470 e. The summed E-state index contributed by atoms with van der Waals surface area (Å²) in [6.07, 6.45) is -4.21. The Bertz CT molecular complexity index is 841. The molecule has 1 aromatic heterocycles. The van der Waals surface area contributed by atoms with Crippen LogP contribution in [0.2, 0.25) is 0 Å². The first-order valence-corrected chi connectivity index (χ1v) is 8.78. The van der Waals surface area contributed by atoms with Gasteiger partial charge in [-0.15, -0.1) is 10.2 Å². The number of hydrogen-bond donors (Lipinski definition) is 0. The maximum absolute atomic E-state index is 12.9. The number of piperidine rings is 1. The normalized spacial score (nSPS) is 17.8. The lowest BCUT2D eigenvalue weighted by molar-refractivity contribution is -0.157. The monoisotopic (exact) mass is 379 g/mol. The second kappa shape index (κ2) is 6.37. The van der Waals surface area contributed by atoms with E-state index in [4.69, 9.17) is 0 Å². The molecule has 136 valence electrons. The highest BCUT2D eigenvalue weighted by Crippen LogP contribution is 2.33. The Morgan fingerprint density at radius 2 is 1.68 bits per heavy atom. The number of aromatic nitrogens is 2. The summed E-state index contributed by atoms with van der Waals surface area (Å²) in [6, 6.07) is 4.45. The molecular weight excluding hydrogens is 366 g/mol. The number of sulfonamides is 1. The minimum atomic E-state index is -4.71. The maximum Gasteiger partial charge on any atom is 0.470 e. The van der Waals surface area contributed by atoms with E-state index in [2.05, 4.69) is 14.6 Å². The third kappa shape index (κ3) is 3.66. The van der Waals surface area contributed by atoms with Gasteiger partial charge in [0, 0.05) is 19.0 Å². The summed E-state index contributed by atoms with van der Waals surface area (Å²) in [4.78, 5) is -0.0375. The summed E-state index contributed by atoms with van der Waals surface area (Å²) in [6.45, 7) is 0.183. The summed E-state index contributed by atoms with van der Waals surface area (Å²) < 4.78 is 81.2. The van der Waals surface area contributed by atoms with Gasteiger partial charge in [0.05, 0.1) is 4.90 Å². The van der Waals surface area contributed by atoms with E-state index in [1.807, 2.05) is 0 Å². The third-order valence-electron chi connectivity index (χ3n) is 3.94. The van der Waals surface area contributed by atoms with Crippen molar-refractivity contribution in [3.8, 4) is 0 Å². The average Bonchev–Trinajstić information content (AvgIpc) is 3.06. The molecule has 0 amide bonds. The van der Waals surface area contributed by atoms with E-state index in [1.54, 1.807) is 0 Å². The molecule has 2 heterocycles. The van der Waals surface area contributed by atoms with Crippen molar-refractivity contribution < 1.29 is 30.4 Å². The fourth-order valence-electron chi connectivity index (χ4n) is 2.61. The molecule has 0 N–H and O–H groups in total. The van der Waals surface area contributed by atoms with Crippen LogP contribution in [0.25, 0.3) is 0 Å². The fourth-order valence-corrected chi connectivity index (χ4v) is 4.08. The van der Waals surface area contributed by atoms with E-state index in [9.17, 15) is 26.0 Å². The first-order valence-electron chi connectivity index (χ1n) is 7.34. The van der Waals surface area contributed by atoms with Crippen LogP contribution in [0, 0.1) is 5.82 Å². The Morgan fingerprint density at radius 3 is 2.20 bits per heavy atom. The van der Waals surface area contributed by atoms with Crippen molar-refractivity contribution in [2.45, 2.75) is 29.8 Å². The number of hydrogen-bond acceptors (Lipinski definition) is 5. The summed E-state index contributed by atoms with van der Waals surface area (Å²) in [7, 11) is -3.78. The number of rotatable bonds is 3. The van der Waals surface area contributed by atoms with E-state index in [1.165, 1.54) is 16.4 Å².